The van der Waals surface area contributed by atoms with E-state index in [9.17, 15) is 29.2 Å². The zero-order valence-corrected chi connectivity index (χ0v) is 27.3. The summed E-state index contributed by atoms with van der Waals surface area (Å²) in [6.07, 6.45) is 3.67. The second kappa shape index (κ2) is 15.1. The van der Waals surface area contributed by atoms with Crippen molar-refractivity contribution < 1.29 is 48.2 Å². The number of β-lactam (4-membered cyclic amide) rings is 1. The van der Waals surface area contributed by atoms with Gasteiger partial charge in [0.2, 0.25) is 6.29 Å². The van der Waals surface area contributed by atoms with Gasteiger partial charge in [-0.05, 0) is 43.8 Å². The minimum absolute atomic E-state index is 0. The number of aromatic nitrogens is 1. The highest BCUT2D eigenvalue weighted by atomic mass is 35.5. The summed E-state index contributed by atoms with van der Waals surface area (Å²) in [6, 6.07) is -1.09. The fraction of sp³-hybridized carbons (Fsp3) is 0.519. The van der Waals surface area contributed by atoms with Crippen molar-refractivity contribution in [3.8, 4) is 0 Å². The van der Waals surface area contributed by atoms with Gasteiger partial charge < -0.3 is 30.5 Å². The van der Waals surface area contributed by atoms with E-state index in [0.717, 1.165) is 48.3 Å². The molecule has 1 saturated carbocycles. The fourth-order valence-corrected chi connectivity index (χ4v) is 7.24. The Morgan fingerprint density at radius 3 is 2.59 bits per heavy atom. The highest BCUT2D eigenvalue weighted by Gasteiger charge is 2.55. The molecule has 1 aliphatic carbocycles. The Labute approximate surface area is 277 Å². The molecule has 0 spiro atoms. The Morgan fingerprint density at radius 1 is 1.22 bits per heavy atom. The molecule has 5 rings (SSSR count). The van der Waals surface area contributed by atoms with Crippen LogP contribution >= 0.6 is 35.5 Å². The van der Waals surface area contributed by atoms with Crippen LogP contribution < -0.4 is 11.1 Å². The summed E-state index contributed by atoms with van der Waals surface area (Å²) in [7, 11) is 1.37. The number of thiazole rings is 1. The number of rotatable bonds is 9. The molecule has 0 aromatic carbocycles. The number of hydroxylamine groups is 2. The van der Waals surface area contributed by atoms with Gasteiger partial charge in [0.1, 0.15) is 28.9 Å². The van der Waals surface area contributed by atoms with Crippen molar-refractivity contribution >= 4 is 76.2 Å². The number of oxime groups is 1. The number of nitrogen functional groups attached to an aromatic ring is 1. The lowest BCUT2D eigenvalue weighted by molar-refractivity contribution is -0.170. The summed E-state index contributed by atoms with van der Waals surface area (Å²) in [5.74, 6) is -2.73. The number of amides is 3. The number of nitrogens with two attached hydrogens (primary N) is 1. The molecule has 0 radical (unpaired) electrons. The number of anilines is 1. The summed E-state index contributed by atoms with van der Waals surface area (Å²) in [4.78, 5) is 75.1. The van der Waals surface area contributed by atoms with E-state index >= 15 is 0 Å². The molecule has 4 N–H and O–H groups in total. The largest absolute Gasteiger partial charge is 0.511 e. The molecule has 3 fully saturated rings. The minimum Gasteiger partial charge on any atom is -0.431 e. The van der Waals surface area contributed by atoms with Crippen molar-refractivity contribution in [3.63, 3.8) is 0 Å². The molecule has 16 nitrogen and oxygen atoms in total. The molecule has 0 bridgehead atoms. The Kier molecular flexibility index (Phi) is 11.5. The van der Waals surface area contributed by atoms with E-state index in [-0.39, 0.29) is 46.7 Å². The van der Waals surface area contributed by atoms with Crippen LogP contribution in [0.15, 0.2) is 33.5 Å². The number of fused-ring (bicyclic) bond motifs is 1. The van der Waals surface area contributed by atoms with Crippen molar-refractivity contribution in [3.05, 3.63) is 34.0 Å². The van der Waals surface area contributed by atoms with Gasteiger partial charge in [0.05, 0.1) is 13.7 Å². The van der Waals surface area contributed by atoms with Crippen LogP contribution in [0.2, 0.25) is 0 Å². The summed E-state index contributed by atoms with van der Waals surface area (Å²) in [6.45, 7) is 1.65. The first-order chi connectivity index (χ1) is 21.6. The van der Waals surface area contributed by atoms with E-state index in [0.29, 0.717) is 24.1 Å². The highest BCUT2D eigenvalue weighted by molar-refractivity contribution is 8.00. The molecule has 3 aliphatic heterocycles. The monoisotopic (exact) mass is 700 g/mol. The van der Waals surface area contributed by atoms with Crippen molar-refractivity contribution in [1.29, 1.82) is 0 Å². The van der Waals surface area contributed by atoms with Gasteiger partial charge in [-0.3, -0.25) is 24.1 Å². The molecule has 1 aromatic heterocycles. The molecular weight excluding hydrogens is 668 g/mol. The standard InChI is InChI=1S/C27H32N6O10S2.ClH/c1-13(42-27(38)43-16-6-4-3-5-7-16)41-25(37)20-15(10-14-8-9-32(40-2)22(14)35)11-44-24-19(23(36)33(20)24)30-21(34)18(31-39)17-12-45-26(28)29-17;/h10,12-13,16,19,24,39H,3-9,11H2,1-2H3,(H2,28,29)(H,30,34);1H. The average Bonchev–Trinajstić information content (AvgIpc) is 3.60. The van der Waals surface area contributed by atoms with E-state index < -0.39 is 47.4 Å². The molecule has 250 valence electrons. The number of hydrogen-bond acceptors (Lipinski definition) is 15. The van der Waals surface area contributed by atoms with Crippen LogP contribution in [0.4, 0.5) is 9.93 Å². The molecule has 2 saturated heterocycles. The zero-order valence-electron chi connectivity index (χ0n) is 24.8. The lowest BCUT2D eigenvalue weighted by Crippen LogP contribution is -2.71. The Morgan fingerprint density at radius 2 is 1.96 bits per heavy atom. The van der Waals surface area contributed by atoms with Crippen LogP contribution in [0.3, 0.4) is 0 Å². The van der Waals surface area contributed by atoms with E-state index in [1.54, 1.807) is 0 Å². The maximum absolute atomic E-state index is 13.5. The van der Waals surface area contributed by atoms with Crippen molar-refractivity contribution in [2.45, 2.75) is 69.3 Å². The number of hydrogen-bond donors (Lipinski definition) is 3. The topological polar surface area (TPSA) is 212 Å². The van der Waals surface area contributed by atoms with Crippen molar-refractivity contribution in [1.82, 2.24) is 20.3 Å². The van der Waals surface area contributed by atoms with E-state index in [1.165, 1.54) is 42.3 Å². The maximum Gasteiger partial charge on any atom is 0.511 e. The third-order valence-corrected chi connectivity index (χ3v) is 9.54. The first-order valence-corrected chi connectivity index (χ1v) is 16.1. The summed E-state index contributed by atoms with van der Waals surface area (Å²) >= 11 is 2.27. The minimum atomic E-state index is -1.36. The van der Waals surface area contributed by atoms with E-state index in [4.69, 9.17) is 24.8 Å². The van der Waals surface area contributed by atoms with Gasteiger partial charge >= 0.3 is 12.1 Å². The lowest BCUT2D eigenvalue weighted by Gasteiger charge is -2.49. The maximum atomic E-state index is 13.5. The van der Waals surface area contributed by atoms with Crippen LogP contribution in [0.5, 0.6) is 0 Å². The number of halogens is 1. The van der Waals surface area contributed by atoms with Crippen LogP contribution in [0.1, 0.15) is 51.1 Å². The normalized spacial score (nSPS) is 23.3. The molecule has 19 heteroatoms. The van der Waals surface area contributed by atoms with Gasteiger partial charge in [0.25, 0.3) is 17.7 Å². The summed E-state index contributed by atoms with van der Waals surface area (Å²) in [5, 5.41) is 17.0. The Hall–Kier alpha value is -3.87. The van der Waals surface area contributed by atoms with Crippen LogP contribution in [0.25, 0.3) is 0 Å². The first-order valence-electron chi connectivity index (χ1n) is 14.2. The Bertz CT molecular complexity index is 1480. The third-order valence-electron chi connectivity index (χ3n) is 7.56. The predicted molar refractivity (Wildman–Crippen MR) is 166 cm³/mol. The molecule has 3 unspecified atom stereocenters. The molecule has 1 aromatic rings. The predicted octanol–water partition coefficient (Wildman–Crippen LogP) is 2.07. The van der Waals surface area contributed by atoms with Crippen molar-refractivity contribution in [2.75, 3.05) is 25.1 Å². The smallest absolute Gasteiger partial charge is 0.431 e. The number of allylic oxidation sites excluding steroid dienone is 1. The lowest BCUT2D eigenvalue weighted by atomic mass is 9.98. The molecule has 3 amide bonds. The zero-order chi connectivity index (χ0) is 32.2. The molecule has 4 heterocycles. The number of esters is 1. The van der Waals surface area contributed by atoms with E-state index in [2.05, 4.69) is 15.5 Å². The highest BCUT2D eigenvalue weighted by Crippen LogP contribution is 2.42. The second-order valence-corrected chi connectivity index (χ2v) is 12.5. The number of ether oxygens (including phenoxy) is 3. The number of carbonyl (C=O) groups is 5. The van der Waals surface area contributed by atoms with Gasteiger partial charge in [-0.2, -0.15) is 0 Å². The average molecular weight is 701 g/mol. The van der Waals surface area contributed by atoms with Gasteiger partial charge in [-0.15, -0.1) is 35.5 Å². The third kappa shape index (κ3) is 7.40. The van der Waals surface area contributed by atoms with Crippen LogP contribution in [-0.2, 0) is 38.2 Å². The quantitative estimate of drug-likeness (QED) is 0.0641. The molecule has 46 heavy (non-hydrogen) atoms. The van der Waals surface area contributed by atoms with Gasteiger partial charge in [-0.25, -0.2) is 19.6 Å². The number of carbonyl (C=O) groups excluding carboxylic acids is 5. The van der Waals surface area contributed by atoms with Crippen LogP contribution in [-0.4, -0.2) is 98.9 Å². The van der Waals surface area contributed by atoms with Gasteiger partial charge in [-0.1, -0.05) is 11.6 Å². The summed E-state index contributed by atoms with van der Waals surface area (Å²) < 4.78 is 15.9. The van der Waals surface area contributed by atoms with Crippen LogP contribution in [0, 0.1) is 0 Å². The van der Waals surface area contributed by atoms with Crippen molar-refractivity contribution in [2.24, 2.45) is 5.16 Å². The Balaban J connectivity index is 0.00000480. The SMILES string of the molecule is CON1CCC(=CC2=C(C(=O)OC(C)OC(=O)OC3CCCCC3)N3C(=O)C(NC(=O)C(=NO)c4csc(N)n4)C3SC2)C1=O.Cl. The van der Waals surface area contributed by atoms with E-state index in [1.807, 2.05) is 0 Å². The molecular formula is C27H33ClN6O10S2. The second-order valence-electron chi connectivity index (χ2n) is 10.5. The van der Waals surface area contributed by atoms with Gasteiger partial charge in [0, 0.05) is 23.6 Å². The molecule has 3 atom stereocenters. The molecule has 4 aliphatic rings. The summed E-state index contributed by atoms with van der Waals surface area (Å²) in [5.41, 5.74) is 5.73. The van der Waals surface area contributed by atoms with Gasteiger partial charge in [0.15, 0.2) is 10.8 Å². The first kappa shape index (κ1) is 35.0. The number of nitrogens with one attached hydrogen (secondary N) is 1. The fourth-order valence-electron chi connectivity index (χ4n) is 5.38. The number of nitrogens with zero attached hydrogens (tertiary/aromatic N) is 4. The number of thioether (sulfide) groups is 1.